The van der Waals surface area contributed by atoms with Gasteiger partial charge in [-0.05, 0) is 36.5 Å². The number of aromatic carboxylic acids is 1. The number of ketones is 1. The van der Waals surface area contributed by atoms with Gasteiger partial charge in [0.1, 0.15) is 17.1 Å². The van der Waals surface area contributed by atoms with Gasteiger partial charge < -0.3 is 9.84 Å². The number of methoxy groups -OCH3 is 1. The number of Topliss-reactive ketones (excluding diaryl/α,β-unsaturated/α-hetero) is 1. The van der Waals surface area contributed by atoms with Gasteiger partial charge in [0.15, 0.2) is 0 Å². The number of benzene rings is 1. The van der Waals surface area contributed by atoms with E-state index in [-0.39, 0.29) is 17.3 Å². The molecule has 0 bridgehead atoms. The second-order valence-electron chi connectivity index (χ2n) is 4.60. The number of hydrogen-bond donors (Lipinski definition) is 1. The quantitative estimate of drug-likeness (QED) is 0.893. The second-order valence-corrected chi connectivity index (χ2v) is 4.60. The van der Waals surface area contributed by atoms with E-state index < -0.39 is 5.97 Å². The normalized spacial score (nSPS) is 19.6. The van der Waals surface area contributed by atoms with Crippen LogP contribution in [-0.4, -0.2) is 24.0 Å². The lowest BCUT2D eigenvalue weighted by atomic mass is 9.83. The first-order valence-corrected chi connectivity index (χ1v) is 6.04. The van der Waals surface area contributed by atoms with Crippen molar-refractivity contribution in [3.63, 3.8) is 0 Å². The molecule has 0 saturated heterocycles. The molecule has 0 radical (unpaired) electrons. The van der Waals surface area contributed by atoms with Crippen LogP contribution in [0.3, 0.4) is 0 Å². The molecule has 96 valence electrons. The molecule has 18 heavy (non-hydrogen) atoms. The summed E-state index contributed by atoms with van der Waals surface area (Å²) >= 11 is 0. The predicted molar refractivity (Wildman–Crippen MR) is 66.2 cm³/mol. The topological polar surface area (TPSA) is 63.6 Å². The maximum Gasteiger partial charge on any atom is 0.339 e. The highest BCUT2D eigenvalue weighted by Crippen LogP contribution is 2.33. The average molecular weight is 248 g/mol. The third-order valence-electron chi connectivity index (χ3n) is 3.41. The van der Waals surface area contributed by atoms with E-state index >= 15 is 0 Å². The lowest BCUT2D eigenvalue weighted by Gasteiger charge is -2.21. The number of ether oxygens (including phenoxy) is 1. The van der Waals surface area contributed by atoms with Crippen molar-refractivity contribution in [2.24, 2.45) is 0 Å². The highest BCUT2D eigenvalue weighted by atomic mass is 16.5. The van der Waals surface area contributed by atoms with Crippen LogP contribution >= 0.6 is 0 Å². The van der Waals surface area contributed by atoms with Crippen LogP contribution in [0.5, 0.6) is 5.75 Å². The first kappa shape index (κ1) is 12.6. The van der Waals surface area contributed by atoms with Crippen molar-refractivity contribution in [2.75, 3.05) is 7.11 Å². The van der Waals surface area contributed by atoms with Crippen molar-refractivity contribution >= 4 is 11.8 Å². The molecule has 1 aromatic rings. The van der Waals surface area contributed by atoms with Gasteiger partial charge in [0.05, 0.1) is 7.11 Å². The first-order valence-electron chi connectivity index (χ1n) is 6.04. The number of carboxylic acids is 1. The molecule has 1 saturated carbocycles. The third-order valence-corrected chi connectivity index (χ3v) is 3.41. The van der Waals surface area contributed by atoms with Crippen LogP contribution in [0.25, 0.3) is 0 Å². The van der Waals surface area contributed by atoms with E-state index in [0.29, 0.717) is 18.6 Å². The van der Waals surface area contributed by atoms with Crippen molar-refractivity contribution in [2.45, 2.75) is 31.6 Å². The van der Waals surface area contributed by atoms with Gasteiger partial charge in [-0.1, -0.05) is 6.07 Å². The van der Waals surface area contributed by atoms with Crippen molar-refractivity contribution in [3.8, 4) is 5.75 Å². The highest BCUT2D eigenvalue weighted by molar-refractivity contribution is 5.91. The summed E-state index contributed by atoms with van der Waals surface area (Å²) in [5.74, 6) is -0.238. The van der Waals surface area contributed by atoms with Gasteiger partial charge in [-0.15, -0.1) is 0 Å². The van der Waals surface area contributed by atoms with Gasteiger partial charge in [-0.3, -0.25) is 4.79 Å². The summed E-state index contributed by atoms with van der Waals surface area (Å²) < 4.78 is 5.02. The zero-order valence-electron chi connectivity index (χ0n) is 10.3. The standard InChI is InChI=1S/C14H16O4/c1-18-13-6-5-10(8-12(13)14(16)17)9-3-2-4-11(15)7-9/h5-6,8-9H,2-4,7H2,1H3,(H,16,17). The molecule has 1 aliphatic carbocycles. The fourth-order valence-corrected chi connectivity index (χ4v) is 2.46. The van der Waals surface area contributed by atoms with Crippen molar-refractivity contribution in [1.29, 1.82) is 0 Å². The zero-order valence-corrected chi connectivity index (χ0v) is 10.3. The molecule has 4 nitrogen and oxygen atoms in total. The number of hydrogen-bond acceptors (Lipinski definition) is 3. The Morgan fingerprint density at radius 1 is 1.44 bits per heavy atom. The van der Waals surface area contributed by atoms with Gasteiger partial charge in [-0.25, -0.2) is 4.79 Å². The van der Waals surface area contributed by atoms with Crippen LogP contribution in [0, 0.1) is 0 Å². The van der Waals surface area contributed by atoms with Crippen LogP contribution < -0.4 is 4.74 Å². The summed E-state index contributed by atoms with van der Waals surface area (Å²) in [5.41, 5.74) is 1.08. The zero-order chi connectivity index (χ0) is 13.1. The summed E-state index contributed by atoms with van der Waals surface area (Å²) in [4.78, 5) is 22.6. The number of rotatable bonds is 3. The second kappa shape index (κ2) is 5.21. The predicted octanol–water partition coefficient (Wildman–Crippen LogP) is 2.62. The van der Waals surface area contributed by atoms with Crippen LogP contribution in [0.2, 0.25) is 0 Å². The summed E-state index contributed by atoms with van der Waals surface area (Å²) in [6.07, 6.45) is 3.00. The van der Waals surface area contributed by atoms with Crippen LogP contribution in [0.15, 0.2) is 18.2 Å². The minimum atomic E-state index is -1.00. The van der Waals surface area contributed by atoms with Gasteiger partial charge in [0, 0.05) is 12.8 Å². The van der Waals surface area contributed by atoms with E-state index in [0.717, 1.165) is 18.4 Å². The maximum absolute atomic E-state index is 11.4. The van der Waals surface area contributed by atoms with E-state index in [2.05, 4.69) is 0 Å². The molecule has 1 aromatic carbocycles. The van der Waals surface area contributed by atoms with Crippen molar-refractivity contribution in [3.05, 3.63) is 29.3 Å². The summed E-state index contributed by atoms with van der Waals surface area (Å²) in [6.45, 7) is 0. The molecule has 0 aromatic heterocycles. The molecule has 1 N–H and O–H groups in total. The lowest BCUT2D eigenvalue weighted by molar-refractivity contribution is -0.120. The molecule has 0 aliphatic heterocycles. The molecule has 0 spiro atoms. The molecular formula is C14H16O4. The van der Waals surface area contributed by atoms with E-state index in [9.17, 15) is 9.59 Å². The third kappa shape index (κ3) is 2.53. The Hall–Kier alpha value is -1.84. The van der Waals surface area contributed by atoms with E-state index in [1.165, 1.54) is 7.11 Å². The van der Waals surface area contributed by atoms with Gasteiger partial charge in [-0.2, -0.15) is 0 Å². The molecule has 2 rings (SSSR count). The molecule has 1 unspecified atom stereocenters. The Kier molecular flexibility index (Phi) is 3.65. The summed E-state index contributed by atoms with van der Waals surface area (Å²) in [7, 11) is 1.45. The average Bonchev–Trinajstić information content (AvgIpc) is 2.38. The van der Waals surface area contributed by atoms with E-state index in [4.69, 9.17) is 9.84 Å². The Balaban J connectivity index is 2.31. The Bertz CT molecular complexity index is 479. The smallest absolute Gasteiger partial charge is 0.339 e. The van der Waals surface area contributed by atoms with Crippen molar-refractivity contribution < 1.29 is 19.4 Å². The fraction of sp³-hybridized carbons (Fsp3) is 0.429. The largest absolute Gasteiger partial charge is 0.496 e. The monoisotopic (exact) mass is 248 g/mol. The van der Waals surface area contributed by atoms with Gasteiger partial charge in [0.25, 0.3) is 0 Å². The number of carbonyl (C=O) groups excluding carboxylic acids is 1. The number of carbonyl (C=O) groups is 2. The fourth-order valence-electron chi connectivity index (χ4n) is 2.46. The van der Waals surface area contributed by atoms with Crippen LogP contribution in [0.4, 0.5) is 0 Å². The van der Waals surface area contributed by atoms with Crippen LogP contribution in [0.1, 0.15) is 47.5 Å². The SMILES string of the molecule is COc1ccc(C2CCCC(=O)C2)cc1C(=O)O. The number of carboxylic acid groups (broad SMARTS) is 1. The van der Waals surface area contributed by atoms with Crippen molar-refractivity contribution in [1.82, 2.24) is 0 Å². The van der Waals surface area contributed by atoms with Crippen LogP contribution in [-0.2, 0) is 4.79 Å². The molecule has 1 atom stereocenters. The Morgan fingerprint density at radius 2 is 2.22 bits per heavy atom. The first-order chi connectivity index (χ1) is 8.61. The Morgan fingerprint density at radius 3 is 2.83 bits per heavy atom. The molecule has 1 aliphatic rings. The molecule has 1 fully saturated rings. The summed E-state index contributed by atoms with van der Waals surface area (Å²) in [6, 6.07) is 5.15. The molecule has 0 heterocycles. The van der Waals surface area contributed by atoms with Gasteiger partial charge >= 0.3 is 5.97 Å². The minimum Gasteiger partial charge on any atom is -0.496 e. The molecule has 4 heteroatoms. The van der Waals surface area contributed by atoms with Gasteiger partial charge in [0.2, 0.25) is 0 Å². The highest BCUT2D eigenvalue weighted by Gasteiger charge is 2.22. The molecule has 0 amide bonds. The Labute approximate surface area is 106 Å². The minimum absolute atomic E-state index is 0.148. The lowest BCUT2D eigenvalue weighted by Crippen LogP contribution is -2.14. The maximum atomic E-state index is 11.4. The molecular weight excluding hydrogens is 232 g/mol. The summed E-state index contributed by atoms with van der Waals surface area (Å²) in [5, 5.41) is 9.12. The van der Waals surface area contributed by atoms with E-state index in [1.54, 1.807) is 12.1 Å². The van der Waals surface area contributed by atoms with E-state index in [1.807, 2.05) is 6.07 Å².